The zero-order chi connectivity index (χ0) is 36.0. The molecule has 12 rings (SSSR count). The summed E-state index contributed by atoms with van der Waals surface area (Å²) in [5.74, 6) is 0. The second kappa shape index (κ2) is 11.6. The first-order chi connectivity index (χ1) is 27.3. The summed E-state index contributed by atoms with van der Waals surface area (Å²) >= 11 is 0. The van der Waals surface area contributed by atoms with Crippen molar-refractivity contribution in [3.8, 4) is 33.6 Å². The van der Waals surface area contributed by atoms with E-state index in [1.54, 1.807) is 0 Å². The fourth-order valence-electron chi connectivity index (χ4n) is 8.95. The van der Waals surface area contributed by atoms with Gasteiger partial charge in [0.25, 0.3) is 0 Å². The average Bonchev–Trinajstić information content (AvgIpc) is 3.91. The van der Waals surface area contributed by atoms with E-state index in [1.165, 1.54) is 54.4 Å². The minimum Gasteiger partial charge on any atom is -0.455 e. The first-order valence-electron chi connectivity index (χ1n) is 18.8. The average molecular weight is 701 g/mol. The van der Waals surface area contributed by atoms with Crippen LogP contribution in [0.4, 0.5) is 0 Å². The van der Waals surface area contributed by atoms with Gasteiger partial charge in [-0.15, -0.1) is 0 Å². The summed E-state index contributed by atoms with van der Waals surface area (Å²) in [5.41, 5.74) is 13.4. The van der Waals surface area contributed by atoms with Crippen LogP contribution in [0.2, 0.25) is 0 Å². The number of aromatic nitrogens is 2. The predicted molar refractivity (Wildman–Crippen MR) is 231 cm³/mol. The molecule has 0 aliphatic heterocycles. The number of para-hydroxylation sites is 4. The number of furan rings is 1. The molecule has 0 aliphatic carbocycles. The number of hydrogen-bond acceptors (Lipinski definition) is 1. The molecule has 0 spiro atoms. The zero-order valence-electron chi connectivity index (χ0n) is 29.8. The lowest BCUT2D eigenvalue weighted by Gasteiger charge is -2.12. The third-order valence-electron chi connectivity index (χ3n) is 11.5. The summed E-state index contributed by atoms with van der Waals surface area (Å²) in [6.45, 7) is 0. The molecule has 0 radical (unpaired) electrons. The number of nitrogens with zero attached hydrogens (tertiary/aromatic N) is 2. The van der Waals surface area contributed by atoms with Gasteiger partial charge >= 0.3 is 0 Å². The molecule has 0 saturated carbocycles. The molecule has 9 aromatic carbocycles. The highest BCUT2D eigenvalue weighted by atomic mass is 16.3. The molecule has 256 valence electrons. The van der Waals surface area contributed by atoms with Crippen LogP contribution in [0.15, 0.2) is 199 Å². The fourth-order valence-corrected chi connectivity index (χ4v) is 8.95. The zero-order valence-corrected chi connectivity index (χ0v) is 29.8. The highest BCUT2D eigenvalue weighted by Crippen LogP contribution is 2.43. The van der Waals surface area contributed by atoms with Crippen molar-refractivity contribution in [2.45, 2.75) is 0 Å². The van der Waals surface area contributed by atoms with Crippen molar-refractivity contribution in [3.63, 3.8) is 0 Å². The Kier molecular flexibility index (Phi) is 6.34. The van der Waals surface area contributed by atoms with Crippen molar-refractivity contribution >= 4 is 76.3 Å². The van der Waals surface area contributed by atoms with Gasteiger partial charge < -0.3 is 13.6 Å². The van der Waals surface area contributed by atoms with E-state index in [1.807, 2.05) is 0 Å². The first-order valence-corrected chi connectivity index (χ1v) is 18.8. The molecule has 55 heavy (non-hydrogen) atoms. The lowest BCUT2D eigenvalue weighted by atomic mass is 9.94. The van der Waals surface area contributed by atoms with Crippen LogP contribution in [-0.2, 0) is 0 Å². The summed E-state index contributed by atoms with van der Waals surface area (Å²) in [6, 6.07) is 70.3. The fraction of sp³-hybridized carbons (Fsp3) is 0. The molecule has 0 fully saturated rings. The van der Waals surface area contributed by atoms with Gasteiger partial charge in [-0.1, -0.05) is 121 Å². The van der Waals surface area contributed by atoms with Crippen LogP contribution in [0, 0.1) is 0 Å². The Morgan fingerprint density at radius 1 is 0.309 bits per heavy atom. The van der Waals surface area contributed by atoms with E-state index in [2.05, 4.69) is 203 Å². The van der Waals surface area contributed by atoms with Crippen LogP contribution in [0.3, 0.4) is 0 Å². The summed E-state index contributed by atoms with van der Waals surface area (Å²) in [6.07, 6.45) is 0. The predicted octanol–water partition coefficient (Wildman–Crippen LogP) is 14.3. The van der Waals surface area contributed by atoms with Crippen LogP contribution in [-0.4, -0.2) is 9.13 Å². The molecule has 0 N–H and O–H groups in total. The van der Waals surface area contributed by atoms with Crippen LogP contribution >= 0.6 is 0 Å². The van der Waals surface area contributed by atoms with Gasteiger partial charge in [-0.05, 0) is 100 Å². The second-order valence-corrected chi connectivity index (χ2v) is 14.5. The Labute approximate surface area is 316 Å². The largest absolute Gasteiger partial charge is 0.455 e. The minimum atomic E-state index is 0.893. The Morgan fingerprint density at radius 2 is 0.927 bits per heavy atom. The van der Waals surface area contributed by atoms with Gasteiger partial charge in [-0.2, -0.15) is 0 Å². The number of rotatable bonds is 4. The third kappa shape index (κ3) is 4.50. The minimum absolute atomic E-state index is 0.893. The molecule has 0 bridgehead atoms. The van der Waals surface area contributed by atoms with E-state index in [-0.39, 0.29) is 0 Å². The van der Waals surface area contributed by atoms with Gasteiger partial charge in [0.1, 0.15) is 11.2 Å². The third-order valence-corrected chi connectivity index (χ3v) is 11.5. The highest BCUT2D eigenvalue weighted by molar-refractivity contribution is 6.15. The first kappa shape index (κ1) is 30.1. The molecule has 0 saturated heterocycles. The van der Waals surface area contributed by atoms with Crippen molar-refractivity contribution in [1.82, 2.24) is 9.13 Å². The Balaban J connectivity index is 1.10. The summed E-state index contributed by atoms with van der Waals surface area (Å²) in [7, 11) is 0. The van der Waals surface area contributed by atoms with Crippen molar-refractivity contribution < 1.29 is 4.42 Å². The molecule has 3 heterocycles. The monoisotopic (exact) mass is 700 g/mol. The van der Waals surface area contributed by atoms with Crippen molar-refractivity contribution in [1.29, 1.82) is 0 Å². The molecular formula is C52H32N2O. The summed E-state index contributed by atoms with van der Waals surface area (Å²) in [4.78, 5) is 0. The number of hydrogen-bond donors (Lipinski definition) is 0. The van der Waals surface area contributed by atoms with E-state index in [9.17, 15) is 0 Å². The molecule has 3 aromatic heterocycles. The maximum Gasteiger partial charge on any atom is 0.143 e. The quantitative estimate of drug-likeness (QED) is 0.179. The molecule has 0 amide bonds. The Bertz CT molecular complexity index is 3490. The molecule has 0 unspecified atom stereocenters. The van der Waals surface area contributed by atoms with E-state index in [0.717, 1.165) is 55.6 Å². The van der Waals surface area contributed by atoms with Crippen LogP contribution < -0.4 is 0 Å². The van der Waals surface area contributed by atoms with Gasteiger partial charge in [0.05, 0.1) is 22.1 Å². The number of fused-ring (bicyclic) bond motifs is 10. The lowest BCUT2D eigenvalue weighted by Crippen LogP contribution is -1.94. The summed E-state index contributed by atoms with van der Waals surface area (Å²) in [5, 5.41) is 9.64. The van der Waals surface area contributed by atoms with Gasteiger partial charge in [-0.25, -0.2) is 0 Å². The van der Waals surface area contributed by atoms with Gasteiger partial charge in [0.2, 0.25) is 0 Å². The van der Waals surface area contributed by atoms with E-state index in [4.69, 9.17) is 4.42 Å². The molecule has 12 aromatic rings. The van der Waals surface area contributed by atoms with Crippen molar-refractivity contribution in [2.24, 2.45) is 0 Å². The summed E-state index contributed by atoms with van der Waals surface area (Å²) < 4.78 is 11.5. The standard InChI is InChI=1S/C52H32N2O/c1-2-14-38(15-3-1)53-47-19-9-6-16-40(47)42-26-23-35(32-50(42)53)37-30-44(52-46(31-37)43-18-8-11-21-51(43)55-52)36-24-27-49-45(29-36)41-17-7-10-20-48(41)54(49)39-25-22-33-12-4-5-13-34(33)28-39/h1-32H. The highest BCUT2D eigenvalue weighted by Gasteiger charge is 2.19. The van der Waals surface area contributed by atoms with Crippen molar-refractivity contribution in [3.05, 3.63) is 194 Å². The lowest BCUT2D eigenvalue weighted by molar-refractivity contribution is 0.670. The Morgan fingerprint density at radius 3 is 1.76 bits per heavy atom. The van der Waals surface area contributed by atoms with Crippen molar-refractivity contribution in [2.75, 3.05) is 0 Å². The SMILES string of the molecule is c1ccc(-n2c3ccccc3c3ccc(-c4cc(-c5ccc6c(c5)c5ccccc5n6-c5ccc6ccccc6c5)c5oc6ccccc6c5c4)cc32)cc1. The second-order valence-electron chi connectivity index (χ2n) is 14.5. The smallest absolute Gasteiger partial charge is 0.143 e. The topological polar surface area (TPSA) is 23.0 Å². The van der Waals surface area contributed by atoms with E-state index < -0.39 is 0 Å². The van der Waals surface area contributed by atoms with Gasteiger partial charge in [-0.3, -0.25) is 0 Å². The van der Waals surface area contributed by atoms with Gasteiger partial charge in [0.15, 0.2) is 0 Å². The maximum absolute atomic E-state index is 6.72. The van der Waals surface area contributed by atoms with Crippen LogP contribution in [0.1, 0.15) is 0 Å². The van der Waals surface area contributed by atoms with Crippen LogP contribution in [0.5, 0.6) is 0 Å². The van der Waals surface area contributed by atoms with E-state index >= 15 is 0 Å². The van der Waals surface area contributed by atoms with E-state index in [0.29, 0.717) is 0 Å². The molecular weight excluding hydrogens is 669 g/mol. The Hall–Kier alpha value is -7.36. The number of benzene rings is 9. The normalized spacial score (nSPS) is 12.0. The molecule has 3 heteroatoms. The van der Waals surface area contributed by atoms with Crippen LogP contribution in [0.25, 0.3) is 110 Å². The molecule has 0 atom stereocenters. The molecule has 3 nitrogen and oxygen atoms in total. The van der Waals surface area contributed by atoms with Gasteiger partial charge in [0, 0.05) is 49.3 Å². The molecule has 0 aliphatic rings. The maximum atomic E-state index is 6.72.